The van der Waals surface area contributed by atoms with Gasteiger partial charge in [-0.2, -0.15) is 0 Å². The van der Waals surface area contributed by atoms with E-state index in [4.69, 9.17) is 4.74 Å². The van der Waals surface area contributed by atoms with Gasteiger partial charge < -0.3 is 0 Å². The van der Waals surface area contributed by atoms with E-state index in [1.165, 1.54) is 6.07 Å². The van der Waals surface area contributed by atoms with E-state index in [9.17, 15) is 9.50 Å². The first-order valence-corrected chi connectivity index (χ1v) is 11.0. The van der Waals surface area contributed by atoms with Crippen LogP contribution in [0.1, 0.15) is 5.56 Å². The summed E-state index contributed by atoms with van der Waals surface area (Å²) in [5.74, 6) is 0.0760. The van der Waals surface area contributed by atoms with Crippen LogP contribution in [0.4, 0.5) is 4.39 Å². The molecule has 4 rings (SSSR count). The number of alkyl halides is 1. The van der Waals surface area contributed by atoms with Crippen LogP contribution < -0.4 is 26.2 Å². The average molecular weight is 464 g/mol. The minimum atomic E-state index is -0.481. The standard InChI is InChI=1S/C19H16FIN3O2/c1-21-24-8-6-14-15(11-25)19(16(20)10-18(14)24)26-13-4-2-3-12(9-13)17-5-7-22-23-17/h2-10,25H,11H2,1H3,(H,22,23)/q-1. The summed E-state index contributed by atoms with van der Waals surface area (Å²) in [6, 6.07) is 12.5. The van der Waals surface area contributed by atoms with Gasteiger partial charge in [-0.3, -0.25) is 0 Å². The van der Waals surface area contributed by atoms with Crippen molar-refractivity contribution in [3.63, 3.8) is 0 Å². The van der Waals surface area contributed by atoms with Gasteiger partial charge in [0.1, 0.15) is 0 Å². The molecular formula is C19H16FIN3O2-. The number of benzene rings is 2. The molecule has 0 saturated carbocycles. The third-order valence-electron chi connectivity index (χ3n) is 4.16. The maximum atomic E-state index is 14.8. The van der Waals surface area contributed by atoms with Crippen LogP contribution in [-0.4, -0.2) is 23.0 Å². The van der Waals surface area contributed by atoms with Crippen molar-refractivity contribution in [3.8, 4) is 22.8 Å². The van der Waals surface area contributed by atoms with E-state index in [0.29, 0.717) is 11.3 Å². The van der Waals surface area contributed by atoms with Gasteiger partial charge in [-0.05, 0) is 0 Å². The van der Waals surface area contributed by atoms with Gasteiger partial charge in [0.25, 0.3) is 0 Å². The summed E-state index contributed by atoms with van der Waals surface area (Å²) >= 11 is -0.253. The van der Waals surface area contributed by atoms with E-state index in [0.717, 1.165) is 22.2 Å². The van der Waals surface area contributed by atoms with Crippen LogP contribution in [0.25, 0.3) is 22.2 Å². The number of H-pyrrole nitrogens is 1. The predicted molar refractivity (Wildman–Crippen MR) is 93.2 cm³/mol. The van der Waals surface area contributed by atoms with Crippen molar-refractivity contribution < 1.29 is 35.7 Å². The van der Waals surface area contributed by atoms with Crippen LogP contribution in [0.2, 0.25) is 0 Å². The Morgan fingerprint density at radius 1 is 1.27 bits per heavy atom. The Kier molecular flexibility index (Phi) is 4.64. The quantitative estimate of drug-likeness (QED) is 0.342. The molecule has 7 heteroatoms. The molecule has 134 valence electrons. The number of aliphatic hydroxyl groups is 1. The van der Waals surface area contributed by atoms with Gasteiger partial charge in [-0.25, -0.2) is 0 Å². The first-order valence-electron chi connectivity index (χ1n) is 7.92. The van der Waals surface area contributed by atoms with E-state index in [2.05, 4.69) is 15.1 Å². The molecule has 4 aromatic rings. The molecule has 0 aliphatic heterocycles. The zero-order valence-electron chi connectivity index (χ0n) is 13.9. The zero-order valence-corrected chi connectivity index (χ0v) is 16.1. The van der Waals surface area contributed by atoms with Crippen molar-refractivity contribution in [2.45, 2.75) is 6.61 Å². The van der Waals surface area contributed by atoms with Crippen molar-refractivity contribution in [2.75, 3.05) is 4.93 Å². The van der Waals surface area contributed by atoms with Crippen LogP contribution >= 0.6 is 0 Å². The predicted octanol–water partition coefficient (Wildman–Crippen LogP) is 0.937. The summed E-state index contributed by atoms with van der Waals surface area (Å²) in [4.78, 5) is 2.10. The molecule has 0 radical (unpaired) electrons. The van der Waals surface area contributed by atoms with Gasteiger partial charge in [0.05, 0.1) is 0 Å². The molecule has 2 aromatic carbocycles. The first kappa shape index (κ1) is 17.0. The van der Waals surface area contributed by atoms with Crippen molar-refractivity contribution in [1.82, 2.24) is 13.0 Å². The number of aromatic nitrogens is 3. The Morgan fingerprint density at radius 3 is 2.88 bits per heavy atom. The van der Waals surface area contributed by atoms with E-state index in [-0.39, 0.29) is 33.8 Å². The summed E-state index contributed by atoms with van der Waals surface area (Å²) in [5.41, 5.74) is 2.98. The second kappa shape index (κ2) is 7.08. The molecule has 2 heterocycles. The fraction of sp³-hybridized carbons (Fsp3) is 0.105. The Hall–Kier alpha value is -2.39. The first-order chi connectivity index (χ1) is 12.7. The molecule has 0 aliphatic carbocycles. The topological polar surface area (TPSA) is 63.1 Å². The summed E-state index contributed by atoms with van der Waals surface area (Å²) in [5, 5.41) is 17.5. The van der Waals surface area contributed by atoms with Crippen LogP contribution in [-0.2, 0) is 6.61 Å². The zero-order chi connectivity index (χ0) is 18.1. The van der Waals surface area contributed by atoms with Gasteiger partial charge in [0.15, 0.2) is 0 Å². The molecule has 0 bridgehead atoms. The van der Waals surface area contributed by atoms with Gasteiger partial charge in [0.2, 0.25) is 0 Å². The SMILES string of the molecule is C[I-]n1ccc2c(CO)c(Oc3cccc(-c4ccn[nH]4)c3)c(F)cc21. The summed E-state index contributed by atoms with van der Waals surface area (Å²) < 4.78 is 22.7. The average Bonchev–Trinajstić information content (AvgIpc) is 3.32. The summed E-state index contributed by atoms with van der Waals surface area (Å²) in [6.07, 6.45) is 3.60. The van der Waals surface area contributed by atoms with E-state index in [1.807, 2.05) is 33.2 Å². The molecular weight excluding hydrogens is 448 g/mol. The third kappa shape index (κ3) is 2.97. The van der Waals surface area contributed by atoms with Gasteiger partial charge in [-0.15, -0.1) is 0 Å². The number of aliphatic hydroxyl groups excluding tert-OH is 1. The number of nitrogens with zero attached hydrogens (tertiary/aromatic N) is 2. The van der Waals surface area contributed by atoms with Crippen molar-refractivity contribution in [2.24, 2.45) is 0 Å². The van der Waals surface area contributed by atoms with Crippen LogP contribution in [0.3, 0.4) is 0 Å². The Bertz CT molecular complexity index is 1060. The van der Waals surface area contributed by atoms with Crippen molar-refractivity contribution in [1.29, 1.82) is 0 Å². The van der Waals surface area contributed by atoms with Gasteiger partial charge in [0, 0.05) is 0 Å². The van der Waals surface area contributed by atoms with Crippen molar-refractivity contribution in [3.05, 3.63) is 66.2 Å². The molecule has 5 nitrogen and oxygen atoms in total. The number of nitrogens with one attached hydrogen (secondary N) is 1. The van der Waals surface area contributed by atoms with Crippen LogP contribution in [0.5, 0.6) is 11.5 Å². The molecule has 0 atom stereocenters. The number of rotatable bonds is 5. The third-order valence-corrected chi connectivity index (χ3v) is 6.04. The molecule has 2 aromatic heterocycles. The number of hydrogen-bond donors (Lipinski definition) is 2. The molecule has 0 spiro atoms. The monoisotopic (exact) mass is 464 g/mol. The number of hydrogen-bond acceptors (Lipinski definition) is 3. The van der Waals surface area contributed by atoms with Crippen molar-refractivity contribution >= 4 is 10.9 Å². The molecule has 0 aliphatic rings. The second-order valence-corrected chi connectivity index (χ2v) is 7.66. The van der Waals surface area contributed by atoms with E-state index in [1.54, 1.807) is 18.3 Å². The Morgan fingerprint density at radius 2 is 2.15 bits per heavy atom. The van der Waals surface area contributed by atoms with E-state index >= 15 is 0 Å². The summed E-state index contributed by atoms with van der Waals surface area (Å²) in [7, 11) is 0. The molecule has 0 fully saturated rings. The van der Waals surface area contributed by atoms with Crippen LogP contribution in [0.15, 0.2) is 54.9 Å². The number of fused-ring (bicyclic) bond motifs is 1. The van der Waals surface area contributed by atoms with Gasteiger partial charge >= 0.3 is 160 Å². The van der Waals surface area contributed by atoms with Gasteiger partial charge in [-0.1, -0.05) is 0 Å². The second-order valence-electron chi connectivity index (χ2n) is 5.65. The Balaban J connectivity index is 1.78. The minimum absolute atomic E-state index is 0.0637. The number of ether oxygens (including phenoxy) is 1. The molecule has 2 N–H and O–H groups in total. The van der Waals surface area contributed by atoms with E-state index < -0.39 is 5.82 Å². The van der Waals surface area contributed by atoms with Crippen LogP contribution in [0, 0.1) is 5.82 Å². The Labute approximate surface area is 160 Å². The normalized spacial score (nSPS) is 11.3. The molecule has 26 heavy (non-hydrogen) atoms. The molecule has 0 unspecified atom stereocenters. The fourth-order valence-electron chi connectivity index (χ4n) is 2.94. The maximum absolute atomic E-state index is 14.8. The number of halogens is 2. The fourth-order valence-corrected chi connectivity index (χ4v) is 4.35. The molecule has 0 saturated heterocycles. The molecule has 0 amide bonds. The number of aromatic amines is 1. The summed E-state index contributed by atoms with van der Waals surface area (Å²) in [6.45, 7) is -0.296.